The molecule has 0 aliphatic heterocycles. The Balaban J connectivity index is 2.19. The highest BCUT2D eigenvalue weighted by atomic mass is 32.2. The quantitative estimate of drug-likeness (QED) is 0.892. The van der Waals surface area contributed by atoms with Gasteiger partial charge in [0.05, 0.1) is 4.90 Å². The van der Waals surface area contributed by atoms with Gasteiger partial charge in [-0.05, 0) is 69.7 Å². The van der Waals surface area contributed by atoms with Crippen LogP contribution in [0.3, 0.4) is 0 Å². The van der Waals surface area contributed by atoms with E-state index in [0.29, 0.717) is 11.3 Å². The monoisotopic (exact) mass is 346 g/mol. The minimum absolute atomic E-state index is 0.108. The number of nitrogens with one attached hydrogen (secondary N) is 2. The molecule has 0 aliphatic rings. The number of sulfonamides is 1. The zero-order valence-corrected chi connectivity index (χ0v) is 15.1. The second-order valence-corrected chi connectivity index (χ2v) is 8.39. The molecule has 24 heavy (non-hydrogen) atoms. The molecule has 0 saturated carbocycles. The highest BCUT2D eigenvalue weighted by Gasteiger charge is 2.18. The summed E-state index contributed by atoms with van der Waals surface area (Å²) in [4.78, 5) is 12.2. The molecule has 2 aromatic rings. The van der Waals surface area contributed by atoms with E-state index in [0.717, 1.165) is 5.56 Å². The Kier molecular flexibility index (Phi) is 4.99. The highest BCUT2D eigenvalue weighted by molar-refractivity contribution is 7.92. The summed E-state index contributed by atoms with van der Waals surface area (Å²) in [5.41, 5.74) is 1.53. The van der Waals surface area contributed by atoms with Crippen molar-refractivity contribution in [2.75, 3.05) is 4.72 Å². The Bertz CT molecular complexity index is 835. The van der Waals surface area contributed by atoms with Crippen LogP contribution >= 0.6 is 0 Å². The molecule has 2 rings (SSSR count). The van der Waals surface area contributed by atoms with Crippen LogP contribution in [0.1, 0.15) is 36.7 Å². The van der Waals surface area contributed by atoms with E-state index in [1.807, 2.05) is 33.8 Å². The zero-order valence-electron chi connectivity index (χ0n) is 14.3. The predicted molar refractivity (Wildman–Crippen MR) is 95.6 cm³/mol. The van der Waals surface area contributed by atoms with E-state index in [4.69, 9.17) is 0 Å². The molecule has 6 heteroatoms. The molecule has 0 aromatic heterocycles. The van der Waals surface area contributed by atoms with Crippen molar-refractivity contribution >= 4 is 21.6 Å². The Morgan fingerprint density at radius 2 is 1.62 bits per heavy atom. The number of aryl methyl sites for hydroxylation is 1. The SMILES string of the molecule is Cc1cccc(NS(=O)(=O)c2ccc(C(=O)NC(C)(C)C)cc2)c1. The number of amides is 1. The van der Waals surface area contributed by atoms with Crippen molar-refractivity contribution in [2.24, 2.45) is 0 Å². The molecular weight excluding hydrogens is 324 g/mol. The largest absolute Gasteiger partial charge is 0.347 e. The lowest BCUT2D eigenvalue weighted by molar-refractivity contribution is 0.0919. The van der Waals surface area contributed by atoms with Gasteiger partial charge in [0.2, 0.25) is 0 Å². The summed E-state index contributed by atoms with van der Waals surface area (Å²) in [6.07, 6.45) is 0. The van der Waals surface area contributed by atoms with Crippen LogP contribution in [0.5, 0.6) is 0 Å². The van der Waals surface area contributed by atoms with Crippen LogP contribution in [0, 0.1) is 6.92 Å². The maximum Gasteiger partial charge on any atom is 0.261 e. The Labute approximate surface area is 143 Å². The number of carbonyl (C=O) groups excluding carboxylic acids is 1. The Morgan fingerprint density at radius 3 is 2.17 bits per heavy atom. The van der Waals surface area contributed by atoms with Gasteiger partial charge in [-0.2, -0.15) is 0 Å². The van der Waals surface area contributed by atoms with Gasteiger partial charge in [0.1, 0.15) is 0 Å². The third kappa shape index (κ3) is 4.83. The van der Waals surface area contributed by atoms with Crippen LogP contribution < -0.4 is 10.0 Å². The maximum atomic E-state index is 12.4. The predicted octanol–water partition coefficient (Wildman–Crippen LogP) is 3.32. The topological polar surface area (TPSA) is 75.3 Å². The van der Waals surface area contributed by atoms with Gasteiger partial charge in [-0.25, -0.2) is 8.42 Å². The Hall–Kier alpha value is -2.34. The van der Waals surface area contributed by atoms with Crippen LogP contribution in [0.15, 0.2) is 53.4 Å². The molecule has 0 bridgehead atoms. The molecule has 0 unspecified atom stereocenters. The van der Waals surface area contributed by atoms with Crippen molar-refractivity contribution in [3.05, 3.63) is 59.7 Å². The molecular formula is C18H22N2O3S. The average molecular weight is 346 g/mol. The summed E-state index contributed by atoms with van der Waals surface area (Å²) in [6.45, 7) is 7.54. The molecule has 128 valence electrons. The molecule has 1 amide bonds. The summed E-state index contributed by atoms with van der Waals surface area (Å²) < 4.78 is 27.4. The van der Waals surface area contributed by atoms with Crippen LogP contribution in [0.25, 0.3) is 0 Å². The zero-order chi connectivity index (χ0) is 18.0. The lowest BCUT2D eigenvalue weighted by Gasteiger charge is -2.20. The minimum Gasteiger partial charge on any atom is -0.347 e. The molecule has 0 fully saturated rings. The van der Waals surface area contributed by atoms with Gasteiger partial charge in [-0.15, -0.1) is 0 Å². The van der Waals surface area contributed by atoms with Crippen molar-refractivity contribution in [1.82, 2.24) is 5.32 Å². The summed E-state index contributed by atoms with van der Waals surface area (Å²) in [5, 5.41) is 2.84. The molecule has 2 N–H and O–H groups in total. The molecule has 0 heterocycles. The van der Waals surface area contributed by atoms with Crippen molar-refractivity contribution in [2.45, 2.75) is 38.1 Å². The van der Waals surface area contributed by atoms with E-state index in [1.54, 1.807) is 18.2 Å². The fraction of sp³-hybridized carbons (Fsp3) is 0.278. The van der Waals surface area contributed by atoms with E-state index in [9.17, 15) is 13.2 Å². The van der Waals surface area contributed by atoms with Crippen LogP contribution in [0.4, 0.5) is 5.69 Å². The number of hydrogen-bond donors (Lipinski definition) is 2. The first-order valence-electron chi connectivity index (χ1n) is 7.59. The molecule has 0 saturated heterocycles. The van der Waals surface area contributed by atoms with Crippen LogP contribution in [0.2, 0.25) is 0 Å². The normalized spacial score (nSPS) is 11.8. The van der Waals surface area contributed by atoms with Gasteiger partial charge >= 0.3 is 0 Å². The lowest BCUT2D eigenvalue weighted by atomic mass is 10.1. The van der Waals surface area contributed by atoms with E-state index in [1.165, 1.54) is 24.3 Å². The summed E-state index contributed by atoms with van der Waals surface area (Å²) in [7, 11) is -3.69. The molecule has 0 atom stereocenters. The van der Waals surface area contributed by atoms with Crippen molar-refractivity contribution in [3.8, 4) is 0 Å². The fourth-order valence-corrected chi connectivity index (χ4v) is 3.17. The molecule has 0 radical (unpaired) electrons. The summed E-state index contributed by atoms with van der Waals surface area (Å²) >= 11 is 0. The Morgan fingerprint density at radius 1 is 1.00 bits per heavy atom. The van der Waals surface area contributed by atoms with Crippen LogP contribution in [-0.2, 0) is 10.0 Å². The first-order chi connectivity index (χ1) is 11.1. The second kappa shape index (κ2) is 6.65. The molecule has 0 spiro atoms. The first-order valence-corrected chi connectivity index (χ1v) is 9.07. The number of anilines is 1. The lowest BCUT2D eigenvalue weighted by Crippen LogP contribution is -2.40. The van der Waals surface area contributed by atoms with Gasteiger partial charge in [0.25, 0.3) is 15.9 Å². The van der Waals surface area contributed by atoms with E-state index < -0.39 is 10.0 Å². The average Bonchev–Trinajstić information content (AvgIpc) is 2.45. The third-order valence-corrected chi connectivity index (χ3v) is 4.58. The van der Waals surface area contributed by atoms with Crippen molar-refractivity contribution in [3.63, 3.8) is 0 Å². The summed E-state index contributed by atoms with van der Waals surface area (Å²) in [5.74, 6) is -0.238. The third-order valence-electron chi connectivity index (χ3n) is 3.19. The number of benzene rings is 2. The van der Waals surface area contributed by atoms with E-state index in [-0.39, 0.29) is 16.3 Å². The van der Waals surface area contributed by atoms with Gasteiger partial charge < -0.3 is 5.32 Å². The summed E-state index contributed by atoms with van der Waals surface area (Å²) in [6, 6.07) is 13.0. The fourth-order valence-electron chi connectivity index (χ4n) is 2.12. The highest BCUT2D eigenvalue weighted by Crippen LogP contribution is 2.18. The number of rotatable bonds is 4. The van der Waals surface area contributed by atoms with E-state index in [2.05, 4.69) is 10.0 Å². The van der Waals surface area contributed by atoms with Gasteiger partial charge in [-0.1, -0.05) is 12.1 Å². The van der Waals surface area contributed by atoms with E-state index >= 15 is 0 Å². The van der Waals surface area contributed by atoms with Crippen molar-refractivity contribution < 1.29 is 13.2 Å². The first kappa shape index (κ1) is 18.0. The second-order valence-electron chi connectivity index (χ2n) is 6.70. The molecule has 0 aliphatic carbocycles. The number of hydrogen-bond acceptors (Lipinski definition) is 3. The van der Waals surface area contributed by atoms with Crippen LogP contribution in [-0.4, -0.2) is 19.9 Å². The minimum atomic E-state index is -3.69. The standard InChI is InChI=1S/C18H22N2O3S/c1-13-6-5-7-15(12-13)20-24(22,23)16-10-8-14(9-11-16)17(21)19-18(2,3)4/h5-12,20H,1-4H3,(H,19,21). The van der Waals surface area contributed by atoms with Gasteiger partial charge in [0, 0.05) is 16.8 Å². The maximum absolute atomic E-state index is 12.4. The molecule has 5 nitrogen and oxygen atoms in total. The smallest absolute Gasteiger partial charge is 0.261 e. The number of carbonyl (C=O) groups is 1. The van der Waals surface area contributed by atoms with Gasteiger partial charge in [-0.3, -0.25) is 9.52 Å². The van der Waals surface area contributed by atoms with Crippen molar-refractivity contribution in [1.29, 1.82) is 0 Å². The molecule has 2 aromatic carbocycles. The van der Waals surface area contributed by atoms with Gasteiger partial charge in [0.15, 0.2) is 0 Å².